The quantitative estimate of drug-likeness (QED) is 0.820. The molecule has 21 heavy (non-hydrogen) atoms. The molecular formula is C15H18N2O4. The number of nitrogens with zero attached hydrogens (tertiary/aromatic N) is 2. The molecule has 6 heteroatoms. The monoisotopic (exact) mass is 290 g/mol. The summed E-state index contributed by atoms with van der Waals surface area (Å²) < 4.78 is 0. The van der Waals surface area contributed by atoms with E-state index in [1.165, 1.54) is 0 Å². The number of carbonyl (C=O) groups excluding carboxylic acids is 2. The lowest BCUT2D eigenvalue weighted by Gasteiger charge is -2.34. The fourth-order valence-corrected chi connectivity index (χ4v) is 2.27. The van der Waals surface area contributed by atoms with Crippen molar-refractivity contribution in [2.75, 3.05) is 24.5 Å². The highest BCUT2D eigenvalue weighted by Gasteiger charge is 2.30. The summed E-state index contributed by atoms with van der Waals surface area (Å²) in [6.45, 7) is 2.43. The maximum atomic E-state index is 12.0. The molecule has 0 bridgehead atoms. The number of rotatable bonds is 5. The maximum Gasteiger partial charge on any atom is 0.303 e. The summed E-state index contributed by atoms with van der Waals surface area (Å²) in [5, 5.41) is 8.59. The topological polar surface area (TPSA) is 77.9 Å². The van der Waals surface area contributed by atoms with Crippen molar-refractivity contribution in [1.82, 2.24) is 4.90 Å². The Kier molecular flexibility index (Phi) is 4.57. The Balaban J connectivity index is 1.98. The SMILES string of the molecule is Cc1ccc(N2CC(=O)N(CCCC(=O)O)C(=O)C2)cc1. The first-order valence-electron chi connectivity index (χ1n) is 6.84. The van der Waals surface area contributed by atoms with Crippen LogP contribution in [0.5, 0.6) is 0 Å². The summed E-state index contributed by atoms with van der Waals surface area (Å²) in [5.41, 5.74) is 1.95. The van der Waals surface area contributed by atoms with Crippen LogP contribution >= 0.6 is 0 Å². The van der Waals surface area contributed by atoms with Crippen LogP contribution in [0.4, 0.5) is 5.69 Å². The molecule has 0 spiro atoms. The minimum atomic E-state index is -0.923. The summed E-state index contributed by atoms with van der Waals surface area (Å²) in [5.74, 6) is -1.48. The molecule has 2 amide bonds. The number of amides is 2. The smallest absolute Gasteiger partial charge is 0.303 e. The molecule has 1 aliphatic rings. The number of anilines is 1. The second-order valence-electron chi connectivity index (χ2n) is 5.13. The Labute approximate surface area is 123 Å². The normalized spacial score (nSPS) is 15.5. The summed E-state index contributed by atoms with van der Waals surface area (Å²) in [6, 6.07) is 7.64. The van der Waals surface area contributed by atoms with E-state index in [-0.39, 0.29) is 44.3 Å². The predicted molar refractivity (Wildman–Crippen MR) is 77.0 cm³/mol. The molecule has 2 rings (SSSR count). The van der Waals surface area contributed by atoms with Gasteiger partial charge in [-0.1, -0.05) is 17.7 Å². The van der Waals surface area contributed by atoms with E-state index < -0.39 is 5.97 Å². The van der Waals surface area contributed by atoms with Crippen molar-refractivity contribution in [3.63, 3.8) is 0 Å². The van der Waals surface area contributed by atoms with Crippen LogP contribution in [0.1, 0.15) is 18.4 Å². The van der Waals surface area contributed by atoms with Crippen LogP contribution in [0, 0.1) is 6.92 Å². The van der Waals surface area contributed by atoms with Crippen molar-refractivity contribution in [3.8, 4) is 0 Å². The second-order valence-corrected chi connectivity index (χ2v) is 5.13. The van der Waals surface area contributed by atoms with E-state index in [0.29, 0.717) is 0 Å². The highest BCUT2D eigenvalue weighted by atomic mass is 16.4. The van der Waals surface area contributed by atoms with Crippen LogP contribution in [-0.2, 0) is 14.4 Å². The fraction of sp³-hybridized carbons (Fsp3) is 0.400. The van der Waals surface area contributed by atoms with Gasteiger partial charge in [-0.3, -0.25) is 19.3 Å². The van der Waals surface area contributed by atoms with Gasteiger partial charge < -0.3 is 10.0 Å². The number of carbonyl (C=O) groups is 3. The molecule has 1 aliphatic heterocycles. The third-order valence-corrected chi connectivity index (χ3v) is 3.43. The van der Waals surface area contributed by atoms with E-state index in [0.717, 1.165) is 16.2 Å². The first-order chi connectivity index (χ1) is 9.97. The molecule has 1 saturated heterocycles. The van der Waals surface area contributed by atoms with Crippen molar-refractivity contribution in [3.05, 3.63) is 29.8 Å². The first kappa shape index (κ1) is 15.0. The molecule has 0 radical (unpaired) electrons. The highest BCUT2D eigenvalue weighted by Crippen LogP contribution is 2.18. The lowest BCUT2D eigenvalue weighted by atomic mass is 10.2. The van der Waals surface area contributed by atoms with Crippen molar-refractivity contribution in [2.24, 2.45) is 0 Å². The van der Waals surface area contributed by atoms with Gasteiger partial charge in [0.05, 0.1) is 13.1 Å². The van der Waals surface area contributed by atoms with Gasteiger partial charge in [-0.05, 0) is 25.5 Å². The highest BCUT2D eigenvalue weighted by molar-refractivity contribution is 6.02. The Morgan fingerprint density at radius 3 is 2.24 bits per heavy atom. The molecule has 112 valence electrons. The first-order valence-corrected chi connectivity index (χ1v) is 6.84. The number of hydrogen-bond donors (Lipinski definition) is 1. The fourth-order valence-electron chi connectivity index (χ4n) is 2.27. The van der Waals surface area contributed by atoms with Gasteiger partial charge in [0.15, 0.2) is 0 Å². The molecule has 1 aromatic rings. The Morgan fingerprint density at radius 2 is 1.71 bits per heavy atom. The standard InChI is InChI=1S/C15H18N2O4/c1-11-4-6-12(7-5-11)16-9-13(18)17(14(19)10-16)8-2-3-15(20)21/h4-7H,2-3,8-10H2,1H3,(H,20,21). The number of imide groups is 1. The molecule has 1 fully saturated rings. The number of benzene rings is 1. The molecule has 0 atom stereocenters. The van der Waals surface area contributed by atoms with Gasteiger partial charge in [0.1, 0.15) is 0 Å². The maximum absolute atomic E-state index is 12.0. The van der Waals surface area contributed by atoms with E-state index in [2.05, 4.69) is 0 Å². The van der Waals surface area contributed by atoms with Crippen LogP contribution in [-0.4, -0.2) is 47.4 Å². The molecule has 0 saturated carbocycles. The van der Waals surface area contributed by atoms with Crippen molar-refractivity contribution < 1.29 is 19.5 Å². The summed E-state index contributed by atoms with van der Waals surface area (Å²) >= 11 is 0. The van der Waals surface area contributed by atoms with Gasteiger partial charge in [0.2, 0.25) is 11.8 Å². The number of carboxylic acid groups (broad SMARTS) is 1. The van der Waals surface area contributed by atoms with Crippen LogP contribution in [0.2, 0.25) is 0 Å². The molecule has 0 aliphatic carbocycles. The van der Waals surface area contributed by atoms with Crippen LogP contribution in [0.15, 0.2) is 24.3 Å². The van der Waals surface area contributed by atoms with Gasteiger partial charge in [-0.25, -0.2) is 0 Å². The van der Waals surface area contributed by atoms with E-state index in [1.807, 2.05) is 31.2 Å². The predicted octanol–water partition coefficient (Wildman–Crippen LogP) is 1.04. The molecule has 1 heterocycles. The molecule has 6 nitrogen and oxygen atoms in total. The molecule has 1 aromatic carbocycles. The third kappa shape index (κ3) is 3.81. The molecule has 1 N–H and O–H groups in total. The molecule has 0 unspecified atom stereocenters. The molecular weight excluding hydrogens is 272 g/mol. The Hall–Kier alpha value is -2.37. The average Bonchev–Trinajstić information content (AvgIpc) is 2.42. The number of piperazine rings is 1. The van der Waals surface area contributed by atoms with Crippen molar-refractivity contribution in [2.45, 2.75) is 19.8 Å². The molecule has 0 aromatic heterocycles. The van der Waals surface area contributed by atoms with E-state index >= 15 is 0 Å². The third-order valence-electron chi connectivity index (χ3n) is 3.43. The zero-order valence-corrected chi connectivity index (χ0v) is 11.9. The van der Waals surface area contributed by atoms with E-state index in [1.54, 1.807) is 4.90 Å². The lowest BCUT2D eigenvalue weighted by Crippen LogP contribution is -2.54. The number of hydrogen-bond acceptors (Lipinski definition) is 4. The van der Waals surface area contributed by atoms with Gasteiger partial charge >= 0.3 is 5.97 Å². The summed E-state index contributed by atoms with van der Waals surface area (Å²) in [7, 11) is 0. The average molecular weight is 290 g/mol. The minimum absolute atomic E-state index is 0.0429. The van der Waals surface area contributed by atoms with E-state index in [9.17, 15) is 14.4 Å². The van der Waals surface area contributed by atoms with Gasteiger partial charge in [0.25, 0.3) is 0 Å². The Morgan fingerprint density at radius 1 is 1.14 bits per heavy atom. The zero-order valence-electron chi connectivity index (χ0n) is 11.9. The van der Waals surface area contributed by atoms with Gasteiger partial charge in [-0.2, -0.15) is 0 Å². The number of aliphatic carboxylic acids is 1. The van der Waals surface area contributed by atoms with Gasteiger partial charge in [0, 0.05) is 18.7 Å². The minimum Gasteiger partial charge on any atom is -0.481 e. The van der Waals surface area contributed by atoms with Crippen molar-refractivity contribution >= 4 is 23.5 Å². The van der Waals surface area contributed by atoms with Gasteiger partial charge in [-0.15, -0.1) is 0 Å². The van der Waals surface area contributed by atoms with Crippen molar-refractivity contribution in [1.29, 1.82) is 0 Å². The summed E-state index contributed by atoms with van der Waals surface area (Å²) in [6.07, 6.45) is 0.246. The summed E-state index contributed by atoms with van der Waals surface area (Å²) in [4.78, 5) is 37.5. The van der Waals surface area contributed by atoms with Crippen LogP contribution < -0.4 is 4.90 Å². The van der Waals surface area contributed by atoms with E-state index in [4.69, 9.17) is 5.11 Å². The Bertz CT molecular complexity index is 535. The number of aryl methyl sites for hydroxylation is 1. The number of carboxylic acids is 1. The van der Waals surface area contributed by atoms with Crippen LogP contribution in [0.3, 0.4) is 0 Å². The zero-order chi connectivity index (χ0) is 15.4. The second kappa shape index (κ2) is 6.39. The largest absolute Gasteiger partial charge is 0.481 e. The van der Waals surface area contributed by atoms with Crippen LogP contribution in [0.25, 0.3) is 0 Å². The lowest BCUT2D eigenvalue weighted by molar-refractivity contribution is -0.146.